The van der Waals surface area contributed by atoms with Crippen LogP contribution in [-0.4, -0.2) is 105 Å². The minimum Gasteiger partial charge on any atom is -0.508 e. The van der Waals surface area contributed by atoms with E-state index in [1.807, 2.05) is 0 Å². The zero-order chi connectivity index (χ0) is 37.5. The highest BCUT2D eigenvalue weighted by atomic mass is 33.1. The average Bonchev–Trinajstić information content (AvgIpc) is 3.05. The molecular weight excluding hydrogens is 697 g/mol. The van der Waals surface area contributed by atoms with Crippen LogP contribution in [0.15, 0.2) is 24.3 Å². The maximum absolute atomic E-state index is 13.7. The van der Waals surface area contributed by atoms with Crippen molar-refractivity contribution in [3.63, 3.8) is 0 Å². The zero-order valence-corrected chi connectivity index (χ0v) is 29.1. The van der Waals surface area contributed by atoms with Crippen molar-refractivity contribution in [1.82, 2.24) is 26.6 Å². The number of phenols is 1. The van der Waals surface area contributed by atoms with Gasteiger partial charge in [-0.2, -0.15) is 0 Å². The normalized spacial score (nSPS) is 25.5. The van der Waals surface area contributed by atoms with Crippen LogP contribution in [0.25, 0.3) is 0 Å². The number of amides is 7. The van der Waals surface area contributed by atoms with E-state index in [0.29, 0.717) is 12.0 Å². The highest BCUT2D eigenvalue weighted by Gasteiger charge is 2.35. The first kappa shape index (κ1) is 41.6. The molecule has 0 saturated carbocycles. The third-order valence-corrected chi connectivity index (χ3v) is 10.1. The van der Waals surface area contributed by atoms with E-state index < -0.39 is 95.9 Å². The van der Waals surface area contributed by atoms with Crippen LogP contribution in [0.2, 0.25) is 0 Å². The van der Waals surface area contributed by atoms with E-state index in [1.165, 1.54) is 12.1 Å². The fourth-order valence-electron chi connectivity index (χ4n) is 4.57. The molecular formula is C30H44N8O10S2. The summed E-state index contributed by atoms with van der Waals surface area (Å²) in [4.78, 5) is 103. The number of phenolic OH excluding ortho intramolecular Hbond substituents is 1. The molecule has 2 rings (SSSR count). The first-order valence-corrected chi connectivity index (χ1v) is 18.1. The summed E-state index contributed by atoms with van der Waals surface area (Å²) >= 11 is 0. The molecule has 0 radical (unpaired) electrons. The van der Waals surface area contributed by atoms with Crippen molar-refractivity contribution in [2.45, 2.75) is 82.2 Å². The molecule has 0 bridgehead atoms. The number of aliphatic carboxylic acids is 1. The van der Waals surface area contributed by atoms with Crippen LogP contribution < -0.4 is 43.8 Å². The Labute approximate surface area is 295 Å². The first-order valence-electron chi connectivity index (χ1n) is 15.6. The Morgan fingerprint density at radius 3 is 1.94 bits per heavy atom. The number of rotatable bonds is 10. The lowest BCUT2D eigenvalue weighted by Gasteiger charge is -2.29. The standard InChI is InChI=1S/C30H44N8O10S2/c1-3-14(2)24-29(46)34-18(8-9-22(32)40)26(43)36-20(11-23(33)41)27(44)37-21(30(47)48)13-50-49-12-17(31)25(42)35-19(28(45)38-24)10-15-4-6-16(39)7-5-15/h4-7,14,17-21,24,39H,3,8-13,31H2,1-2H3,(H2,32,40)(H2,33,41)(H,34,46)(H,35,42)(H,36,43)(H,37,44)(H,38,45)(H,47,48)/t14-,17-,18-,19-,20-,21-,24-/m0/s1. The van der Waals surface area contributed by atoms with Gasteiger partial charge in [0.1, 0.15) is 36.0 Å². The Balaban J connectivity index is 2.55. The molecule has 0 spiro atoms. The summed E-state index contributed by atoms with van der Waals surface area (Å²) in [5.41, 5.74) is 17.2. The summed E-state index contributed by atoms with van der Waals surface area (Å²) in [6.07, 6.45) is -1.16. The summed E-state index contributed by atoms with van der Waals surface area (Å²) < 4.78 is 0. The average molecular weight is 741 g/mol. The van der Waals surface area contributed by atoms with Crippen molar-refractivity contribution in [2.75, 3.05) is 11.5 Å². The van der Waals surface area contributed by atoms with E-state index in [0.717, 1.165) is 21.6 Å². The van der Waals surface area contributed by atoms with Crippen LogP contribution in [0.1, 0.15) is 45.1 Å². The van der Waals surface area contributed by atoms with Crippen molar-refractivity contribution in [3.05, 3.63) is 29.8 Å². The van der Waals surface area contributed by atoms with Crippen molar-refractivity contribution < 1.29 is 48.6 Å². The Hall–Kier alpha value is -4.56. The molecule has 1 aromatic rings. The number of nitrogens with two attached hydrogens (primary N) is 3. The molecule has 1 aromatic carbocycles. The maximum atomic E-state index is 13.7. The summed E-state index contributed by atoms with van der Waals surface area (Å²) in [5.74, 6) is -8.51. The molecule has 276 valence electrons. The van der Waals surface area contributed by atoms with Gasteiger partial charge in [0.05, 0.1) is 12.5 Å². The lowest BCUT2D eigenvalue weighted by atomic mass is 9.96. The second kappa shape index (κ2) is 20.2. The Morgan fingerprint density at radius 2 is 1.36 bits per heavy atom. The first-order chi connectivity index (χ1) is 23.5. The van der Waals surface area contributed by atoms with Gasteiger partial charge in [-0.05, 0) is 30.0 Å². The SMILES string of the molecule is CC[C@H](C)[C@@H]1NC(=O)[C@H](Cc2ccc(O)cc2)NC(=O)[C@@H](N)CSSC[C@@H](C(=O)O)NC(=O)[C@H](CC(N)=O)NC(=O)[C@H](CCC(N)=O)NC1=O. The van der Waals surface area contributed by atoms with Gasteiger partial charge < -0.3 is 54.0 Å². The Kier molecular flexibility index (Phi) is 16.8. The van der Waals surface area contributed by atoms with Gasteiger partial charge in [0.15, 0.2) is 0 Å². The van der Waals surface area contributed by atoms with Gasteiger partial charge in [-0.3, -0.25) is 33.6 Å². The molecule has 0 aromatic heterocycles. The van der Waals surface area contributed by atoms with Gasteiger partial charge in [-0.25, -0.2) is 4.79 Å². The predicted molar refractivity (Wildman–Crippen MR) is 184 cm³/mol. The number of nitrogens with one attached hydrogen (secondary N) is 5. The van der Waals surface area contributed by atoms with E-state index in [-0.39, 0.29) is 36.5 Å². The van der Waals surface area contributed by atoms with Gasteiger partial charge >= 0.3 is 5.97 Å². The third-order valence-electron chi connectivity index (χ3n) is 7.67. The van der Waals surface area contributed by atoms with Gasteiger partial charge in [0.25, 0.3) is 0 Å². The molecule has 1 aliphatic rings. The molecule has 1 aliphatic heterocycles. The van der Waals surface area contributed by atoms with Gasteiger partial charge in [0.2, 0.25) is 41.4 Å². The van der Waals surface area contributed by atoms with Crippen molar-refractivity contribution in [2.24, 2.45) is 23.1 Å². The number of benzene rings is 1. The number of primary amides is 2. The van der Waals surface area contributed by atoms with Crippen LogP contribution in [-0.2, 0) is 44.8 Å². The number of carbonyl (C=O) groups excluding carboxylic acids is 7. The number of hydrogen-bond donors (Lipinski definition) is 10. The number of carboxylic acid groups (broad SMARTS) is 1. The van der Waals surface area contributed by atoms with Crippen molar-refractivity contribution in [3.8, 4) is 5.75 Å². The minimum absolute atomic E-state index is 0.0240. The van der Waals surface area contributed by atoms with Crippen LogP contribution in [0, 0.1) is 5.92 Å². The van der Waals surface area contributed by atoms with Crippen LogP contribution in [0.4, 0.5) is 0 Å². The number of hydrogen-bond acceptors (Lipinski definition) is 12. The van der Waals surface area contributed by atoms with E-state index in [4.69, 9.17) is 17.2 Å². The predicted octanol–water partition coefficient (Wildman–Crippen LogP) is -2.65. The molecule has 1 fully saturated rings. The highest BCUT2D eigenvalue weighted by Crippen LogP contribution is 2.23. The van der Waals surface area contributed by atoms with E-state index >= 15 is 0 Å². The van der Waals surface area contributed by atoms with E-state index in [1.54, 1.807) is 26.0 Å². The highest BCUT2D eigenvalue weighted by molar-refractivity contribution is 8.76. The molecule has 0 aliphatic carbocycles. The van der Waals surface area contributed by atoms with Crippen LogP contribution in [0.5, 0.6) is 5.75 Å². The molecule has 0 unspecified atom stereocenters. The Morgan fingerprint density at radius 1 is 0.800 bits per heavy atom. The molecule has 7 amide bonds. The van der Waals surface area contributed by atoms with Crippen molar-refractivity contribution in [1.29, 1.82) is 0 Å². The fourth-order valence-corrected chi connectivity index (χ4v) is 6.85. The van der Waals surface area contributed by atoms with Crippen molar-refractivity contribution >= 4 is 68.9 Å². The van der Waals surface area contributed by atoms with Gasteiger partial charge in [-0.1, -0.05) is 54.0 Å². The second-order valence-electron chi connectivity index (χ2n) is 11.7. The number of carboxylic acids is 1. The molecule has 18 nitrogen and oxygen atoms in total. The fraction of sp³-hybridized carbons (Fsp3) is 0.533. The van der Waals surface area contributed by atoms with E-state index in [9.17, 15) is 48.6 Å². The summed E-state index contributed by atoms with van der Waals surface area (Å²) in [7, 11) is 2.00. The monoisotopic (exact) mass is 740 g/mol. The zero-order valence-electron chi connectivity index (χ0n) is 27.5. The molecule has 13 N–H and O–H groups in total. The molecule has 1 saturated heterocycles. The van der Waals surface area contributed by atoms with Crippen LogP contribution in [0.3, 0.4) is 0 Å². The molecule has 20 heteroatoms. The number of aromatic hydroxyl groups is 1. The minimum atomic E-state index is -1.67. The number of carbonyl (C=O) groups is 8. The largest absolute Gasteiger partial charge is 0.508 e. The molecule has 1 heterocycles. The summed E-state index contributed by atoms with van der Waals surface area (Å²) in [5, 5.41) is 31.7. The Bertz CT molecular complexity index is 1420. The van der Waals surface area contributed by atoms with Crippen LogP contribution >= 0.6 is 21.6 Å². The quantitative estimate of drug-likeness (QED) is 0.110. The van der Waals surface area contributed by atoms with Gasteiger partial charge in [0, 0.05) is 24.3 Å². The molecule has 7 atom stereocenters. The molecule has 50 heavy (non-hydrogen) atoms. The van der Waals surface area contributed by atoms with E-state index in [2.05, 4.69) is 26.6 Å². The van der Waals surface area contributed by atoms with Gasteiger partial charge in [-0.15, -0.1) is 0 Å². The smallest absolute Gasteiger partial charge is 0.327 e. The topological polar surface area (TPSA) is 315 Å². The maximum Gasteiger partial charge on any atom is 0.327 e. The third kappa shape index (κ3) is 13.7. The summed E-state index contributed by atoms with van der Waals surface area (Å²) in [6, 6.07) is -2.50. The summed E-state index contributed by atoms with van der Waals surface area (Å²) in [6.45, 7) is 3.41. The lowest BCUT2D eigenvalue weighted by molar-refractivity contribution is -0.141. The second-order valence-corrected chi connectivity index (χ2v) is 14.2. The lowest BCUT2D eigenvalue weighted by Crippen LogP contribution is -2.61.